The van der Waals surface area contributed by atoms with Gasteiger partial charge in [0.2, 0.25) is 5.91 Å². The predicted molar refractivity (Wildman–Crippen MR) is 104 cm³/mol. The summed E-state index contributed by atoms with van der Waals surface area (Å²) in [5.41, 5.74) is 4.03. The number of ether oxygens (including phenoxy) is 1. The highest BCUT2D eigenvalue weighted by Gasteiger charge is 2.37. The van der Waals surface area contributed by atoms with Gasteiger partial charge in [-0.25, -0.2) is 9.69 Å². The van der Waals surface area contributed by atoms with Crippen LogP contribution in [0.3, 0.4) is 0 Å². The summed E-state index contributed by atoms with van der Waals surface area (Å²) in [7, 11) is -1.45. The van der Waals surface area contributed by atoms with Crippen LogP contribution in [0.15, 0.2) is 72.3 Å². The summed E-state index contributed by atoms with van der Waals surface area (Å²) in [6.07, 6.45) is 3.18. The zero-order valence-electron chi connectivity index (χ0n) is 14.8. The highest BCUT2D eigenvalue weighted by molar-refractivity contribution is 7.87. The monoisotopic (exact) mass is 384 g/mol. The van der Waals surface area contributed by atoms with Gasteiger partial charge in [0.25, 0.3) is 0 Å². The molecule has 27 heavy (non-hydrogen) atoms. The molecule has 0 radical (unpaired) electrons. The van der Waals surface area contributed by atoms with Gasteiger partial charge >= 0.3 is 0 Å². The van der Waals surface area contributed by atoms with Crippen molar-refractivity contribution >= 4 is 28.3 Å². The van der Waals surface area contributed by atoms with E-state index in [1.807, 2.05) is 55.5 Å². The number of rotatable bonds is 6. The number of fused-ring (bicyclic) bond motifs is 1. The topological polar surface area (TPSA) is 78.9 Å². The molecule has 0 saturated heterocycles. The minimum atomic E-state index is -1.45. The van der Waals surface area contributed by atoms with Crippen molar-refractivity contribution in [3.05, 3.63) is 78.6 Å². The number of nitrogens with zero attached hydrogens (tertiary/aromatic N) is 1. The molecule has 2 N–H and O–H groups in total. The lowest BCUT2D eigenvalue weighted by molar-refractivity contribution is -0.129. The van der Waals surface area contributed by atoms with E-state index in [-0.39, 0.29) is 6.42 Å². The molecule has 1 heterocycles. The van der Waals surface area contributed by atoms with Crippen molar-refractivity contribution in [3.63, 3.8) is 0 Å². The van der Waals surface area contributed by atoms with E-state index in [1.54, 1.807) is 15.9 Å². The largest absolute Gasteiger partial charge is 0.465 e. The maximum absolute atomic E-state index is 13.0. The van der Waals surface area contributed by atoms with E-state index in [0.29, 0.717) is 16.3 Å². The quantitative estimate of drug-likeness (QED) is 0.452. The van der Waals surface area contributed by atoms with Crippen molar-refractivity contribution in [2.45, 2.75) is 24.3 Å². The molecule has 0 aliphatic carbocycles. The average molecular weight is 384 g/mol. The van der Waals surface area contributed by atoms with Crippen LogP contribution in [0.5, 0.6) is 0 Å². The third-order valence-corrected chi connectivity index (χ3v) is 5.88. The molecule has 0 bridgehead atoms. The minimum Gasteiger partial charge on any atom is -0.465 e. The molecular weight excluding hydrogens is 364 g/mol. The van der Waals surface area contributed by atoms with Gasteiger partial charge in [-0.05, 0) is 48.9 Å². The molecule has 0 spiro atoms. The van der Waals surface area contributed by atoms with E-state index in [2.05, 4.69) is 6.58 Å². The van der Waals surface area contributed by atoms with Gasteiger partial charge in [0.05, 0.1) is 29.3 Å². The van der Waals surface area contributed by atoms with Crippen LogP contribution in [0.25, 0.3) is 5.76 Å². The normalized spacial score (nSPS) is 18.7. The maximum atomic E-state index is 13.0. The zero-order chi connectivity index (χ0) is 19.4. The van der Waals surface area contributed by atoms with Crippen LogP contribution in [0.1, 0.15) is 30.5 Å². The summed E-state index contributed by atoms with van der Waals surface area (Å²) in [6.45, 7) is 5.43. The number of nitrogens with one attached hydrogen (secondary N) is 1. The molecule has 0 saturated carbocycles. The third-order valence-electron chi connectivity index (χ3n) is 4.31. The molecule has 1 aliphatic heterocycles. The van der Waals surface area contributed by atoms with Crippen molar-refractivity contribution in [1.29, 1.82) is 0 Å². The Bertz CT molecular complexity index is 908. The fraction of sp³-hybridized carbons (Fsp3) is 0.150. The lowest BCUT2D eigenvalue weighted by Crippen LogP contribution is -2.29. The Labute approximate surface area is 160 Å². The SMILES string of the molecule is C=CO/C(=C\C)c1ccc(N2C(CC(=O)NO)c3ccccc3S2=O)cc1. The van der Waals surface area contributed by atoms with E-state index < -0.39 is 22.9 Å². The maximum Gasteiger partial charge on any atom is 0.245 e. The Morgan fingerprint density at radius 3 is 2.63 bits per heavy atom. The molecule has 2 aromatic carbocycles. The minimum absolute atomic E-state index is 0.0132. The number of allylic oxidation sites excluding steroid dienone is 1. The number of hydrogen-bond acceptors (Lipinski definition) is 4. The molecule has 0 aromatic heterocycles. The van der Waals surface area contributed by atoms with Crippen molar-refractivity contribution < 1.29 is 18.9 Å². The van der Waals surface area contributed by atoms with E-state index in [9.17, 15) is 9.00 Å². The van der Waals surface area contributed by atoms with Crippen LogP contribution in [-0.4, -0.2) is 15.3 Å². The number of hydroxylamine groups is 1. The van der Waals surface area contributed by atoms with Crippen LogP contribution in [0.2, 0.25) is 0 Å². The Morgan fingerprint density at radius 1 is 1.30 bits per heavy atom. The molecular formula is C20H20N2O4S. The van der Waals surface area contributed by atoms with E-state index in [0.717, 1.165) is 11.1 Å². The molecule has 6 nitrogen and oxygen atoms in total. The summed E-state index contributed by atoms with van der Waals surface area (Å²) in [4.78, 5) is 12.5. The van der Waals surface area contributed by atoms with Gasteiger partial charge in [0.15, 0.2) is 11.0 Å². The number of carbonyl (C=O) groups is 1. The van der Waals surface area contributed by atoms with Crippen LogP contribution >= 0.6 is 0 Å². The fourth-order valence-corrected chi connectivity index (χ4v) is 4.66. The van der Waals surface area contributed by atoms with Crippen molar-refractivity contribution in [1.82, 2.24) is 5.48 Å². The summed E-state index contributed by atoms with van der Waals surface area (Å²) < 4.78 is 20.1. The van der Waals surface area contributed by atoms with E-state index in [4.69, 9.17) is 9.94 Å². The van der Waals surface area contributed by atoms with Gasteiger partial charge in [0.1, 0.15) is 5.76 Å². The Morgan fingerprint density at radius 2 is 2.00 bits per heavy atom. The molecule has 2 unspecified atom stereocenters. The van der Waals surface area contributed by atoms with Gasteiger partial charge in [-0.2, -0.15) is 0 Å². The van der Waals surface area contributed by atoms with Crippen LogP contribution < -0.4 is 9.79 Å². The predicted octanol–water partition coefficient (Wildman–Crippen LogP) is 3.69. The molecule has 2 aromatic rings. The summed E-state index contributed by atoms with van der Waals surface area (Å²) >= 11 is 0. The standard InChI is InChI=1S/C20H20N2O4S/c1-3-18(26-4-2)14-9-11-15(12-10-14)22-17(13-20(23)21-24)16-7-5-6-8-19(16)27(22)25/h3-12,17,24H,2,13H2,1H3,(H,21,23)/b18-3-. The third kappa shape index (κ3) is 3.65. The molecule has 2 atom stereocenters. The number of anilines is 1. The number of benzene rings is 2. The smallest absolute Gasteiger partial charge is 0.245 e. The van der Waals surface area contributed by atoms with Gasteiger partial charge in [-0.3, -0.25) is 14.3 Å². The second kappa shape index (κ2) is 8.20. The molecule has 140 valence electrons. The molecule has 3 rings (SSSR count). The zero-order valence-corrected chi connectivity index (χ0v) is 15.6. The van der Waals surface area contributed by atoms with Crippen molar-refractivity contribution in [2.75, 3.05) is 4.31 Å². The van der Waals surface area contributed by atoms with E-state index >= 15 is 0 Å². The first-order chi connectivity index (χ1) is 13.1. The summed E-state index contributed by atoms with van der Waals surface area (Å²) in [5.74, 6) is 0.129. The first kappa shape index (κ1) is 18.9. The summed E-state index contributed by atoms with van der Waals surface area (Å²) in [5, 5.41) is 8.92. The van der Waals surface area contributed by atoms with Crippen LogP contribution in [0.4, 0.5) is 5.69 Å². The second-order valence-corrected chi connectivity index (χ2v) is 7.18. The summed E-state index contributed by atoms with van der Waals surface area (Å²) in [6, 6.07) is 14.2. The van der Waals surface area contributed by atoms with Crippen molar-refractivity contribution in [3.8, 4) is 0 Å². The molecule has 0 fully saturated rings. The van der Waals surface area contributed by atoms with E-state index in [1.165, 1.54) is 6.26 Å². The Kier molecular flexibility index (Phi) is 5.73. The molecule has 1 aliphatic rings. The van der Waals surface area contributed by atoms with Crippen LogP contribution in [0, 0.1) is 0 Å². The number of hydrogen-bond donors (Lipinski definition) is 2. The average Bonchev–Trinajstić information content (AvgIpc) is 2.98. The Balaban J connectivity index is 1.97. The van der Waals surface area contributed by atoms with Gasteiger partial charge in [0, 0.05) is 5.56 Å². The lowest BCUT2D eigenvalue weighted by Gasteiger charge is -2.25. The highest BCUT2D eigenvalue weighted by atomic mass is 32.2. The highest BCUT2D eigenvalue weighted by Crippen LogP contribution is 2.42. The Hall–Kier alpha value is -2.90. The molecule has 1 amide bonds. The molecule has 7 heteroatoms. The van der Waals surface area contributed by atoms with Crippen molar-refractivity contribution in [2.24, 2.45) is 0 Å². The van der Waals surface area contributed by atoms with Gasteiger partial charge in [-0.15, -0.1) is 0 Å². The fourth-order valence-electron chi connectivity index (χ4n) is 3.12. The first-order valence-corrected chi connectivity index (χ1v) is 9.48. The number of amides is 1. The lowest BCUT2D eigenvalue weighted by atomic mass is 10.0. The van der Waals surface area contributed by atoms with Crippen LogP contribution in [-0.2, 0) is 20.5 Å². The first-order valence-electron chi connectivity index (χ1n) is 8.38. The number of carbonyl (C=O) groups excluding carboxylic acids is 1. The van der Waals surface area contributed by atoms with Gasteiger partial charge < -0.3 is 4.74 Å². The second-order valence-electron chi connectivity index (χ2n) is 5.85. The van der Waals surface area contributed by atoms with Gasteiger partial charge in [-0.1, -0.05) is 24.8 Å².